The Hall–Kier alpha value is -1.95. The van der Waals surface area contributed by atoms with Crippen LogP contribution in [0.15, 0.2) is 24.7 Å². The molecule has 2 fully saturated rings. The van der Waals surface area contributed by atoms with Crippen LogP contribution in [0, 0.1) is 5.92 Å². The molecule has 0 spiro atoms. The van der Waals surface area contributed by atoms with Crippen LogP contribution in [-0.2, 0) is 0 Å². The molecule has 1 atom stereocenters. The highest BCUT2D eigenvalue weighted by Crippen LogP contribution is 2.27. The molecule has 6 heteroatoms. The monoisotopic (exact) mass is 341 g/mol. The van der Waals surface area contributed by atoms with Gasteiger partial charge in [-0.1, -0.05) is 19.3 Å². The van der Waals surface area contributed by atoms with Crippen molar-refractivity contribution in [3.8, 4) is 0 Å². The number of nitrogens with one attached hydrogen (secondary N) is 1. The predicted molar refractivity (Wildman–Crippen MR) is 96.5 cm³/mol. The van der Waals surface area contributed by atoms with E-state index in [9.17, 15) is 4.79 Å². The van der Waals surface area contributed by atoms with Crippen molar-refractivity contribution in [2.24, 2.45) is 5.92 Å². The van der Waals surface area contributed by atoms with Crippen molar-refractivity contribution in [2.75, 3.05) is 19.6 Å². The fourth-order valence-electron chi connectivity index (χ4n) is 4.40. The summed E-state index contributed by atoms with van der Waals surface area (Å²) >= 11 is 0. The molecule has 1 amide bonds. The Labute approximate surface area is 148 Å². The molecule has 0 aromatic carbocycles. The lowest BCUT2D eigenvalue weighted by atomic mass is 9.90. The molecule has 0 radical (unpaired) electrons. The van der Waals surface area contributed by atoms with Crippen molar-refractivity contribution in [2.45, 2.75) is 51.0 Å². The standard InChI is InChI=1S/C19H27N5O/c25-19(17-9-5-11-24-14-21-22-18(17)24)20-12-15-6-4-10-23(13-15)16-7-2-1-3-8-16/h5,9,11,14-16H,1-4,6-8,10,12-13H2,(H,20,25)/t15-/m0/s1. The van der Waals surface area contributed by atoms with Crippen molar-refractivity contribution < 1.29 is 4.79 Å². The molecule has 2 aromatic rings. The molecule has 1 saturated heterocycles. The van der Waals surface area contributed by atoms with E-state index in [0.29, 0.717) is 17.1 Å². The van der Waals surface area contributed by atoms with Gasteiger partial charge in [0.05, 0.1) is 5.56 Å². The Morgan fingerprint density at radius 1 is 1.20 bits per heavy atom. The molecular weight excluding hydrogens is 314 g/mol. The van der Waals surface area contributed by atoms with Gasteiger partial charge in [-0.05, 0) is 50.3 Å². The van der Waals surface area contributed by atoms with Crippen LogP contribution in [0.1, 0.15) is 55.3 Å². The molecule has 0 bridgehead atoms. The summed E-state index contributed by atoms with van der Waals surface area (Å²) in [5.74, 6) is 0.505. The highest BCUT2D eigenvalue weighted by atomic mass is 16.1. The molecule has 25 heavy (non-hydrogen) atoms. The van der Waals surface area contributed by atoms with Gasteiger partial charge in [-0.3, -0.25) is 9.20 Å². The lowest BCUT2D eigenvalue weighted by Gasteiger charge is -2.40. The Morgan fingerprint density at radius 2 is 2.08 bits per heavy atom. The summed E-state index contributed by atoms with van der Waals surface area (Å²) in [6.45, 7) is 3.10. The highest BCUT2D eigenvalue weighted by molar-refractivity contribution is 5.99. The fraction of sp³-hybridized carbons (Fsp3) is 0.632. The normalized spacial score (nSPS) is 23.0. The zero-order valence-electron chi connectivity index (χ0n) is 14.7. The van der Waals surface area contributed by atoms with Gasteiger partial charge in [0.2, 0.25) is 0 Å². The summed E-state index contributed by atoms with van der Waals surface area (Å²) in [6, 6.07) is 4.45. The number of rotatable bonds is 4. The molecule has 0 unspecified atom stereocenters. The van der Waals surface area contributed by atoms with Gasteiger partial charge in [-0.25, -0.2) is 0 Å². The number of hydrogen-bond donors (Lipinski definition) is 1. The number of aromatic nitrogens is 3. The van der Waals surface area contributed by atoms with Crippen LogP contribution in [0.25, 0.3) is 5.65 Å². The van der Waals surface area contributed by atoms with Crippen LogP contribution in [-0.4, -0.2) is 51.1 Å². The van der Waals surface area contributed by atoms with Crippen LogP contribution in [0.4, 0.5) is 0 Å². The lowest BCUT2D eigenvalue weighted by Crippen LogP contribution is -2.46. The zero-order chi connectivity index (χ0) is 17.1. The summed E-state index contributed by atoms with van der Waals surface area (Å²) in [4.78, 5) is 15.3. The average Bonchev–Trinajstić information content (AvgIpc) is 3.16. The van der Waals surface area contributed by atoms with Gasteiger partial charge in [0.15, 0.2) is 5.65 Å². The van der Waals surface area contributed by atoms with Gasteiger partial charge in [0, 0.05) is 25.3 Å². The van der Waals surface area contributed by atoms with Crippen molar-refractivity contribution in [1.29, 1.82) is 0 Å². The molecule has 1 aliphatic heterocycles. The first kappa shape index (κ1) is 16.5. The van der Waals surface area contributed by atoms with Gasteiger partial charge in [-0.15, -0.1) is 10.2 Å². The maximum Gasteiger partial charge on any atom is 0.255 e. The van der Waals surface area contributed by atoms with E-state index in [1.54, 1.807) is 10.7 Å². The minimum absolute atomic E-state index is 0.0478. The van der Waals surface area contributed by atoms with E-state index < -0.39 is 0 Å². The van der Waals surface area contributed by atoms with Gasteiger partial charge >= 0.3 is 0 Å². The predicted octanol–water partition coefficient (Wildman–Crippen LogP) is 2.50. The summed E-state index contributed by atoms with van der Waals surface area (Å²) in [5.41, 5.74) is 1.22. The van der Waals surface area contributed by atoms with Crippen LogP contribution >= 0.6 is 0 Å². The highest BCUT2D eigenvalue weighted by Gasteiger charge is 2.27. The number of pyridine rings is 1. The molecule has 2 aromatic heterocycles. The summed E-state index contributed by atoms with van der Waals surface area (Å²) in [6.07, 6.45) is 12.8. The Morgan fingerprint density at radius 3 is 2.96 bits per heavy atom. The van der Waals surface area contributed by atoms with Crippen LogP contribution in [0.2, 0.25) is 0 Å². The van der Waals surface area contributed by atoms with Gasteiger partial charge in [0.1, 0.15) is 6.33 Å². The number of piperidine rings is 1. The second-order valence-corrected chi connectivity index (χ2v) is 7.49. The molecule has 1 aliphatic carbocycles. The Kier molecular flexibility index (Phi) is 4.97. The Bertz CT molecular complexity index is 721. The number of hydrogen-bond acceptors (Lipinski definition) is 4. The maximum atomic E-state index is 12.6. The van der Waals surface area contributed by atoms with E-state index in [4.69, 9.17) is 0 Å². The molecule has 1 saturated carbocycles. The van der Waals surface area contributed by atoms with Crippen molar-refractivity contribution >= 4 is 11.6 Å². The summed E-state index contributed by atoms with van der Waals surface area (Å²) < 4.78 is 1.78. The first-order chi connectivity index (χ1) is 12.3. The third-order valence-electron chi connectivity index (χ3n) is 5.76. The minimum Gasteiger partial charge on any atom is -0.352 e. The molecule has 4 rings (SSSR count). The largest absolute Gasteiger partial charge is 0.352 e. The maximum absolute atomic E-state index is 12.6. The molecule has 134 valence electrons. The summed E-state index contributed by atoms with van der Waals surface area (Å²) in [7, 11) is 0. The molecule has 2 aliphatic rings. The van der Waals surface area contributed by atoms with Gasteiger partial charge in [-0.2, -0.15) is 0 Å². The third kappa shape index (κ3) is 3.68. The smallest absolute Gasteiger partial charge is 0.255 e. The number of amides is 1. The summed E-state index contributed by atoms with van der Waals surface area (Å²) in [5, 5.41) is 11.1. The van der Waals surface area contributed by atoms with E-state index >= 15 is 0 Å². The average molecular weight is 341 g/mol. The molecular formula is C19H27N5O. The van der Waals surface area contributed by atoms with E-state index in [2.05, 4.69) is 20.4 Å². The van der Waals surface area contributed by atoms with E-state index in [-0.39, 0.29) is 5.91 Å². The third-order valence-corrected chi connectivity index (χ3v) is 5.76. The van der Waals surface area contributed by atoms with E-state index in [1.807, 2.05) is 18.3 Å². The minimum atomic E-state index is -0.0478. The van der Waals surface area contributed by atoms with Crippen LogP contribution < -0.4 is 5.32 Å². The van der Waals surface area contributed by atoms with Gasteiger partial charge < -0.3 is 10.2 Å². The second-order valence-electron chi connectivity index (χ2n) is 7.49. The van der Waals surface area contributed by atoms with E-state index in [1.165, 1.54) is 51.5 Å². The fourth-order valence-corrected chi connectivity index (χ4v) is 4.40. The first-order valence-electron chi connectivity index (χ1n) is 9.62. The Balaban J connectivity index is 1.34. The van der Waals surface area contributed by atoms with Crippen LogP contribution in [0.5, 0.6) is 0 Å². The number of fused-ring (bicyclic) bond motifs is 1. The number of carbonyl (C=O) groups is 1. The SMILES string of the molecule is O=C(NC[C@@H]1CCCN(C2CCCCC2)C1)c1cccn2cnnc12. The topological polar surface area (TPSA) is 62.5 Å². The zero-order valence-corrected chi connectivity index (χ0v) is 14.7. The quantitative estimate of drug-likeness (QED) is 0.928. The number of carbonyl (C=O) groups excluding carboxylic acids is 1. The molecule has 6 nitrogen and oxygen atoms in total. The van der Waals surface area contributed by atoms with Gasteiger partial charge in [0.25, 0.3) is 5.91 Å². The van der Waals surface area contributed by atoms with Crippen molar-refractivity contribution in [3.63, 3.8) is 0 Å². The second kappa shape index (κ2) is 7.52. The van der Waals surface area contributed by atoms with Crippen molar-refractivity contribution in [3.05, 3.63) is 30.2 Å². The number of nitrogens with zero attached hydrogens (tertiary/aromatic N) is 4. The molecule has 3 heterocycles. The van der Waals surface area contributed by atoms with Crippen molar-refractivity contribution in [1.82, 2.24) is 24.8 Å². The molecule has 1 N–H and O–H groups in total. The lowest BCUT2D eigenvalue weighted by molar-refractivity contribution is 0.0867. The van der Waals surface area contributed by atoms with Crippen LogP contribution in [0.3, 0.4) is 0 Å². The first-order valence-corrected chi connectivity index (χ1v) is 9.62. The number of likely N-dealkylation sites (tertiary alicyclic amines) is 1. The van der Waals surface area contributed by atoms with E-state index in [0.717, 1.165) is 19.1 Å².